The SMILES string of the molecule is Cc1cc(F)ccc1-c1cc(Cl)nc(Cl)n1. The van der Waals surface area contributed by atoms with Crippen molar-refractivity contribution in [3.8, 4) is 11.3 Å². The van der Waals surface area contributed by atoms with Crippen LogP contribution in [0.2, 0.25) is 10.4 Å². The van der Waals surface area contributed by atoms with E-state index in [1.807, 2.05) is 0 Å². The quantitative estimate of drug-likeness (QED) is 0.572. The van der Waals surface area contributed by atoms with Crippen molar-refractivity contribution in [2.24, 2.45) is 0 Å². The summed E-state index contributed by atoms with van der Waals surface area (Å²) in [6.07, 6.45) is 0. The number of benzene rings is 1. The highest BCUT2D eigenvalue weighted by molar-refractivity contribution is 6.32. The molecule has 0 bridgehead atoms. The molecule has 0 saturated heterocycles. The number of rotatable bonds is 1. The molecular weight excluding hydrogens is 250 g/mol. The number of aryl methyl sites for hydroxylation is 1. The van der Waals surface area contributed by atoms with Gasteiger partial charge in [0.15, 0.2) is 0 Å². The second-order valence-electron chi connectivity index (χ2n) is 3.30. The molecule has 0 aliphatic carbocycles. The van der Waals surface area contributed by atoms with E-state index >= 15 is 0 Å². The molecular formula is C11H7Cl2FN2. The van der Waals surface area contributed by atoms with E-state index in [4.69, 9.17) is 23.2 Å². The van der Waals surface area contributed by atoms with Crippen LogP contribution in [0.3, 0.4) is 0 Å². The average molecular weight is 257 g/mol. The van der Waals surface area contributed by atoms with Crippen molar-refractivity contribution in [1.82, 2.24) is 9.97 Å². The maximum atomic E-state index is 12.9. The summed E-state index contributed by atoms with van der Waals surface area (Å²) in [6.45, 7) is 1.79. The molecule has 0 aliphatic rings. The lowest BCUT2D eigenvalue weighted by Crippen LogP contribution is -1.91. The van der Waals surface area contributed by atoms with Crippen LogP contribution in [0.1, 0.15) is 5.56 Å². The Morgan fingerprint density at radius 1 is 1.12 bits per heavy atom. The Kier molecular flexibility index (Phi) is 3.08. The minimum Gasteiger partial charge on any atom is -0.218 e. The summed E-state index contributed by atoms with van der Waals surface area (Å²) in [7, 11) is 0. The molecule has 2 nitrogen and oxygen atoms in total. The number of nitrogens with zero attached hydrogens (tertiary/aromatic N) is 2. The molecule has 0 unspecified atom stereocenters. The van der Waals surface area contributed by atoms with Gasteiger partial charge in [0, 0.05) is 11.6 Å². The van der Waals surface area contributed by atoms with E-state index < -0.39 is 0 Å². The van der Waals surface area contributed by atoms with Crippen LogP contribution in [-0.4, -0.2) is 9.97 Å². The highest BCUT2D eigenvalue weighted by Crippen LogP contribution is 2.25. The van der Waals surface area contributed by atoms with E-state index in [0.29, 0.717) is 5.69 Å². The number of hydrogen-bond acceptors (Lipinski definition) is 2. The van der Waals surface area contributed by atoms with Gasteiger partial charge >= 0.3 is 0 Å². The van der Waals surface area contributed by atoms with Crippen molar-refractivity contribution in [1.29, 1.82) is 0 Å². The van der Waals surface area contributed by atoms with Gasteiger partial charge in [0.05, 0.1) is 5.69 Å². The third-order valence-corrected chi connectivity index (χ3v) is 2.49. The third-order valence-electron chi connectivity index (χ3n) is 2.13. The molecule has 1 heterocycles. The Balaban J connectivity index is 2.58. The van der Waals surface area contributed by atoms with Crippen LogP contribution in [0.5, 0.6) is 0 Å². The molecule has 0 N–H and O–H groups in total. The van der Waals surface area contributed by atoms with E-state index in [9.17, 15) is 4.39 Å². The fourth-order valence-electron chi connectivity index (χ4n) is 1.44. The van der Waals surface area contributed by atoms with Crippen LogP contribution in [0.25, 0.3) is 11.3 Å². The zero-order valence-electron chi connectivity index (χ0n) is 8.34. The van der Waals surface area contributed by atoms with Crippen molar-refractivity contribution in [2.75, 3.05) is 0 Å². The summed E-state index contributed by atoms with van der Waals surface area (Å²) in [5.41, 5.74) is 2.14. The van der Waals surface area contributed by atoms with Crippen molar-refractivity contribution in [3.63, 3.8) is 0 Å². The molecule has 0 amide bonds. The van der Waals surface area contributed by atoms with Gasteiger partial charge in [-0.1, -0.05) is 11.6 Å². The Morgan fingerprint density at radius 2 is 1.88 bits per heavy atom. The van der Waals surface area contributed by atoms with Crippen LogP contribution in [0.4, 0.5) is 4.39 Å². The zero-order valence-corrected chi connectivity index (χ0v) is 9.85. The Labute approximate surface area is 102 Å². The van der Waals surface area contributed by atoms with Gasteiger partial charge in [-0.25, -0.2) is 14.4 Å². The van der Waals surface area contributed by atoms with Gasteiger partial charge in [-0.05, 0) is 42.3 Å². The maximum absolute atomic E-state index is 12.9. The summed E-state index contributed by atoms with van der Waals surface area (Å²) in [6, 6.07) is 6.03. The topological polar surface area (TPSA) is 25.8 Å². The molecule has 0 atom stereocenters. The van der Waals surface area contributed by atoms with E-state index in [-0.39, 0.29) is 16.3 Å². The van der Waals surface area contributed by atoms with Crippen molar-refractivity contribution >= 4 is 23.2 Å². The van der Waals surface area contributed by atoms with Gasteiger partial charge in [-0.3, -0.25) is 0 Å². The Bertz CT molecular complexity index is 523. The standard InChI is InChI=1S/C11H7Cl2FN2/c1-6-4-7(14)2-3-8(6)9-5-10(12)16-11(13)15-9/h2-5H,1H3. The Morgan fingerprint density at radius 3 is 2.50 bits per heavy atom. The highest BCUT2D eigenvalue weighted by atomic mass is 35.5. The largest absolute Gasteiger partial charge is 0.224 e. The molecule has 1 aromatic carbocycles. The normalized spacial score (nSPS) is 10.5. The third kappa shape index (κ3) is 2.31. The number of hydrogen-bond donors (Lipinski definition) is 0. The molecule has 0 aliphatic heterocycles. The fraction of sp³-hybridized carbons (Fsp3) is 0.0909. The van der Waals surface area contributed by atoms with Gasteiger partial charge in [-0.15, -0.1) is 0 Å². The lowest BCUT2D eigenvalue weighted by Gasteiger charge is -2.05. The lowest BCUT2D eigenvalue weighted by atomic mass is 10.1. The van der Waals surface area contributed by atoms with E-state index in [2.05, 4.69) is 9.97 Å². The molecule has 0 radical (unpaired) electrons. The van der Waals surface area contributed by atoms with Crippen molar-refractivity contribution in [3.05, 3.63) is 46.1 Å². The van der Waals surface area contributed by atoms with Gasteiger partial charge in [-0.2, -0.15) is 0 Å². The summed E-state index contributed by atoms with van der Waals surface area (Å²) in [4.78, 5) is 7.79. The van der Waals surface area contributed by atoms with Gasteiger partial charge in [0.2, 0.25) is 5.28 Å². The average Bonchev–Trinajstić information content (AvgIpc) is 2.15. The minimum absolute atomic E-state index is 0.0752. The fourth-order valence-corrected chi connectivity index (χ4v) is 1.85. The second kappa shape index (κ2) is 4.36. The predicted octanol–water partition coefficient (Wildman–Crippen LogP) is 3.90. The number of halogens is 3. The molecule has 5 heteroatoms. The smallest absolute Gasteiger partial charge is 0.218 e. The lowest BCUT2D eigenvalue weighted by molar-refractivity contribution is 0.627. The number of aromatic nitrogens is 2. The first kappa shape index (κ1) is 11.3. The molecule has 0 fully saturated rings. The summed E-state index contributed by atoms with van der Waals surface area (Å²) < 4.78 is 12.9. The van der Waals surface area contributed by atoms with Gasteiger partial charge < -0.3 is 0 Å². The summed E-state index contributed by atoms with van der Waals surface area (Å²) in [5.74, 6) is -0.285. The molecule has 2 aromatic rings. The van der Waals surface area contributed by atoms with Gasteiger partial charge in [0.25, 0.3) is 0 Å². The first-order valence-electron chi connectivity index (χ1n) is 4.53. The monoisotopic (exact) mass is 256 g/mol. The molecule has 16 heavy (non-hydrogen) atoms. The maximum Gasteiger partial charge on any atom is 0.224 e. The van der Waals surface area contributed by atoms with E-state index in [0.717, 1.165) is 11.1 Å². The summed E-state index contributed by atoms with van der Waals surface area (Å²) >= 11 is 11.5. The van der Waals surface area contributed by atoms with Crippen LogP contribution in [0, 0.1) is 12.7 Å². The minimum atomic E-state index is -0.285. The highest BCUT2D eigenvalue weighted by Gasteiger charge is 2.07. The second-order valence-corrected chi connectivity index (χ2v) is 4.03. The van der Waals surface area contributed by atoms with Crippen LogP contribution < -0.4 is 0 Å². The van der Waals surface area contributed by atoms with E-state index in [1.54, 1.807) is 19.1 Å². The zero-order chi connectivity index (χ0) is 11.7. The van der Waals surface area contributed by atoms with Crippen LogP contribution in [0.15, 0.2) is 24.3 Å². The van der Waals surface area contributed by atoms with Crippen molar-refractivity contribution < 1.29 is 4.39 Å². The predicted molar refractivity (Wildman–Crippen MR) is 62.2 cm³/mol. The molecule has 0 spiro atoms. The van der Waals surface area contributed by atoms with Crippen LogP contribution in [-0.2, 0) is 0 Å². The first-order valence-corrected chi connectivity index (χ1v) is 5.28. The molecule has 2 rings (SSSR count). The molecule has 0 saturated carbocycles. The van der Waals surface area contributed by atoms with Crippen LogP contribution >= 0.6 is 23.2 Å². The molecule has 1 aromatic heterocycles. The van der Waals surface area contributed by atoms with Crippen molar-refractivity contribution in [2.45, 2.75) is 6.92 Å². The molecule has 82 valence electrons. The van der Waals surface area contributed by atoms with E-state index in [1.165, 1.54) is 12.1 Å². The first-order chi connectivity index (χ1) is 7.56. The summed E-state index contributed by atoms with van der Waals surface area (Å²) in [5, 5.41) is 0.338. The Hall–Kier alpha value is -1.19. The van der Waals surface area contributed by atoms with Gasteiger partial charge in [0.1, 0.15) is 11.0 Å².